The number of hydrogen-bond acceptors (Lipinski definition) is 4. The summed E-state index contributed by atoms with van der Waals surface area (Å²) in [4.78, 5) is 24.3. The first kappa shape index (κ1) is 14.9. The van der Waals surface area contributed by atoms with Crippen LogP contribution in [-0.4, -0.2) is 42.5 Å². The van der Waals surface area contributed by atoms with Crippen LogP contribution in [-0.2, 0) is 4.79 Å². The predicted octanol–water partition coefficient (Wildman–Crippen LogP) is 0.0207. The lowest BCUT2D eigenvalue weighted by Crippen LogP contribution is -2.50. The molecular formula is C12H24N4O2. The fraction of sp³-hybridized carbons (Fsp3) is 0.833. The van der Waals surface area contributed by atoms with Gasteiger partial charge in [0.25, 0.3) is 0 Å². The molecule has 5 N–H and O–H groups in total. The van der Waals surface area contributed by atoms with Crippen molar-refractivity contribution in [3.8, 4) is 0 Å². The van der Waals surface area contributed by atoms with Crippen molar-refractivity contribution >= 4 is 11.9 Å². The van der Waals surface area contributed by atoms with Crippen LogP contribution in [0.1, 0.15) is 32.6 Å². The molecule has 0 aromatic heterocycles. The van der Waals surface area contributed by atoms with E-state index in [1.54, 1.807) is 0 Å². The van der Waals surface area contributed by atoms with E-state index in [1.807, 2.05) is 6.92 Å². The van der Waals surface area contributed by atoms with E-state index >= 15 is 0 Å². The number of nitrogens with one attached hydrogen (secondary N) is 1. The minimum Gasteiger partial charge on any atom is -0.351 e. The average Bonchev–Trinajstić information content (AvgIpc) is 2.35. The van der Waals surface area contributed by atoms with E-state index < -0.39 is 6.03 Å². The van der Waals surface area contributed by atoms with Gasteiger partial charge in [-0.05, 0) is 31.8 Å². The zero-order valence-electron chi connectivity index (χ0n) is 11.0. The fourth-order valence-corrected chi connectivity index (χ4v) is 2.77. The summed E-state index contributed by atoms with van der Waals surface area (Å²) in [5.74, 6) is 0.103. The molecule has 1 aliphatic rings. The number of carbonyl (C=O) groups excluding carboxylic acids is 2. The lowest BCUT2D eigenvalue weighted by Gasteiger charge is -2.38. The smallest absolute Gasteiger partial charge is 0.318 e. The van der Waals surface area contributed by atoms with Gasteiger partial charge in [-0.25, -0.2) is 4.79 Å². The highest BCUT2D eigenvalue weighted by Gasteiger charge is 2.29. The Morgan fingerprint density at radius 1 is 1.33 bits per heavy atom. The molecule has 0 spiro atoms. The Morgan fingerprint density at radius 3 is 2.56 bits per heavy atom. The van der Waals surface area contributed by atoms with Gasteiger partial charge in [0.15, 0.2) is 0 Å². The summed E-state index contributed by atoms with van der Waals surface area (Å²) in [7, 11) is 0. The molecule has 104 valence electrons. The molecule has 2 unspecified atom stereocenters. The van der Waals surface area contributed by atoms with E-state index in [4.69, 9.17) is 11.5 Å². The number of likely N-dealkylation sites (N-methyl/N-ethyl adjacent to an activating group) is 1. The standard InChI is InChI=1S/C12H24N4O2/c1-2-16(8-11(17)15-12(14)18)10-6-4-3-5-9(10)7-13/h9-10H,2-8,13H2,1H3,(H3,14,15,17,18). The van der Waals surface area contributed by atoms with Crippen molar-refractivity contribution < 1.29 is 9.59 Å². The summed E-state index contributed by atoms with van der Waals surface area (Å²) in [5, 5.41) is 2.11. The Kier molecular flexibility index (Phi) is 6.07. The van der Waals surface area contributed by atoms with Gasteiger partial charge in [-0.2, -0.15) is 0 Å². The molecule has 6 nitrogen and oxygen atoms in total. The Bertz CT molecular complexity index is 296. The van der Waals surface area contributed by atoms with Crippen molar-refractivity contribution in [2.75, 3.05) is 19.6 Å². The van der Waals surface area contributed by atoms with Gasteiger partial charge < -0.3 is 11.5 Å². The summed E-state index contributed by atoms with van der Waals surface area (Å²) in [6, 6.07) is -0.456. The van der Waals surface area contributed by atoms with Crippen LogP contribution >= 0.6 is 0 Å². The number of nitrogens with two attached hydrogens (primary N) is 2. The van der Waals surface area contributed by atoms with Crippen molar-refractivity contribution in [3.63, 3.8) is 0 Å². The van der Waals surface area contributed by atoms with Gasteiger partial charge in [0, 0.05) is 6.04 Å². The van der Waals surface area contributed by atoms with Gasteiger partial charge in [-0.15, -0.1) is 0 Å². The van der Waals surface area contributed by atoms with Crippen LogP contribution in [0.5, 0.6) is 0 Å². The van der Waals surface area contributed by atoms with Gasteiger partial charge in [0.1, 0.15) is 0 Å². The number of rotatable bonds is 5. The van der Waals surface area contributed by atoms with Crippen LogP contribution in [0.25, 0.3) is 0 Å². The van der Waals surface area contributed by atoms with Gasteiger partial charge in [0.05, 0.1) is 6.54 Å². The predicted molar refractivity (Wildman–Crippen MR) is 69.8 cm³/mol. The SMILES string of the molecule is CCN(CC(=O)NC(N)=O)C1CCCCC1CN. The summed E-state index contributed by atoms with van der Waals surface area (Å²) in [5.41, 5.74) is 10.7. The van der Waals surface area contributed by atoms with E-state index in [0.717, 1.165) is 19.4 Å². The molecule has 18 heavy (non-hydrogen) atoms. The minimum atomic E-state index is -0.796. The van der Waals surface area contributed by atoms with Crippen LogP contribution in [0.3, 0.4) is 0 Å². The third kappa shape index (κ3) is 4.27. The van der Waals surface area contributed by atoms with Gasteiger partial charge in [0.2, 0.25) is 5.91 Å². The third-order valence-corrected chi connectivity index (χ3v) is 3.66. The van der Waals surface area contributed by atoms with Crippen molar-refractivity contribution in [1.29, 1.82) is 0 Å². The maximum Gasteiger partial charge on any atom is 0.318 e. The molecule has 0 aromatic rings. The van der Waals surface area contributed by atoms with E-state index in [0.29, 0.717) is 18.5 Å². The maximum atomic E-state index is 11.6. The molecule has 0 radical (unpaired) electrons. The van der Waals surface area contributed by atoms with Gasteiger partial charge in [-0.1, -0.05) is 19.8 Å². The molecule has 0 heterocycles. The number of primary amides is 1. The van der Waals surface area contributed by atoms with Gasteiger partial charge >= 0.3 is 6.03 Å². The molecule has 1 rings (SSSR count). The Hall–Kier alpha value is -1.14. The second-order valence-electron chi connectivity index (χ2n) is 4.82. The second kappa shape index (κ2) is 7.33. The van der Waals surface area contributed by atoms with Crippen molar-refractivity contribution in [2.24, 2.45) is 17.4 Å². The molecule has 6 heteroatoms. The van der Waals surface area contributed by atoms with Crippen LogP contribution < -0.4 is 16.8 Å². The van der Waals surface area contributed by atoms with Gasteiger partial charge in [-0.3, -0.25) is 15.0 Å². The quantitative estimate of drug-likeness (QED) is 0.645. The highest BCUT2D eigenvalue weighted by molar-refractivity contribution is 5.94. The van der Waals surface area contributed by atoms with Crippen molar-refractivity contribution in [1.82, 2.24) is 10.2 Å². The van der Waals surface area contributed by atoms with Crippen molar-refractivity contribution in [3.05, 3.63) is 0 Å². The largest absolute Gasteiger partial charge is 0.351 e. The van der Waals surface area contributed by atoms with E-state index in [1.165, 1.54) is 12.8 Å². The molecule has 1 aliphatic carbocycles. The highest BCUT2D eigenvalue weighted by atomic mass is 16.2. The Morgan fingerprint density at radius 2 is 2.00 bits per heavy atom. The lowest BCUT2D eigenvalue weighted by molar-refractivity contribution is -0.122. The number of amides is 3. The topological polar surface area (TPSA) is 101 Å². The first-order valence-electron chi connectivity index (χ1n) is 6.61. The van der Waals surface area contributed by atoms with Crippen molar-refractivity contribution in [2.45, 2.75) is 38.6 Å². The first-order chi connectivity index (χ1) is 8.58. The third-order valence-electron chi connectivity index (χ3n) is 3.66. The molecule has 0 saturated heterocycles. The molecular weight excluding hydrogens is 232 g/mol. The average molecular weight is 256 g/mol. The zero-order valence-corrected chi connectivity index (χ0v) is 11.0. The normalized spacial score (nSPS) is 23.9. The highest BCUT2D eigenvalue weighted by Crippen LogP contribution is 2.27. The number of imide groups is 1. The number of nitrogens with zero attached hydrogens (tertiary/aromatic N) is 1. The monoisotopic (exact) mass is 256 g/mol. The van der Waals surface area contributed by atoms with Crippen LogP contribution in [0.4, 0.5) is 4.79 Å². The number of hydrogen-bond donors (Lipinski definition) is 3. The second-order valence-corrected chi connectivity index (χ2v) is 4.82. The summed E-state index contributed by atoms with van der Waals surface area (Å²) in [6.45, 7) is 3.65. The van der Waals surface area contributed by atoms with Crippen LogP contribution in [0.15, 0.2) is 0 Å². The van der Waals surface area contributed by atoms with Crippen LogP contribution in [0, 0.1) is 5.92 Å². The number of carbonyl (C=O) groups is 2. The first-order valence-corrected chi connectivity index (χ1v) is 6.61. The van der Waals surface area contributed by atoms with E-state index in [2.05, 4.69) is 10.2 Å². The maximum absolute atomic E-state index is 11.6. The molecule has 0 bridgehead atoms. The molecule has 0 aromatic carbocycles. The number of urea groups is 1. The van der Waals surface area contributed by atoms with E-state index in [9.17, 15) is 9.59 Å². The molecule has 1 fully saturated rings. The molecule has 2 atom stereocenters. The van der Waals surface area contributed by atoms with Crippen LogP contribution in [0.2, 0.25) is 0 Å². The Labute approximate surface area is 108 Å². The summed E-state index contributed by atoms with van der Waals surface area (Å²) in [6.07, 6.45) is 4.58. The Balaban J connectivity index is 2.57. The molecule has 1 saturated carbocycles. The zero-order chi connectivity index (χ0) is 13.5. The molecule has 0 aliphatic heterocycles. The summed E-state index contributed by atoms with van der Waals surface area (Å²) >= 11 is 0. The van der Waals surface area contributed by atoms with E-state index in [-0.39, 0.29) is 12.5 Å². The fourth-order valence-electron chi connectivity index (χ4n) is 2.77. The minimum absolute atomic E-state index is 0.209. The lowest BCUT2D eigenvalue weighted by atomic mass is 9.83. The molecule has 3 amide bonds. The summed E-state index contributed by atoms with van der Waals surface area (Å²) < 4.78 is 0.